The van der Waals surface area contributed by atoms with E-state index in [0.717, 1.165) is 49.5 Å². The lowest BCUT2D eigenvalue weighted by Crippen LogP contribution is -2.34. The molecular weight excluding hydrogens is 316 g/mol. The molecule has 25 heavy (non-hydrogen) atoms. The third-order valence-corrected chi connectivity index (χ3v) is 4.60. The lowest BCUT2D eigenvalue weighted by molar-refractivity contribution is 0.185. The number of piperidine rings is 1. The minimum Gasteiger partial charge on any atom is -0.468 e. The highest BCUT2D eigenvalue weighted by Crippen LogP contribution is 2.27. The van der Waals surface area contributed by atoms with Crippen LogP contribution in [0.25, 0.3) is 11.4 Å². The van der Waals surface area contributed by atoms with Crippen molar-refractivity contribution in [2.24, 2.45) is 0 Å². The molecule has 1 aliphatic heterocycles. The highest BCUT2D eigenvalue weighted by molar-refractivity contribution is 5.53. The van der Waals surface area contributed by atoms with E-state index >= 15 is 0 Å². The number of aromatic nitrogens is 3. The smallest absolute Gasteiger partial charge is 0.251 e. The number of rotatable bonds is 4. The van der Waals surface area contributed by atoms with Gasteiger partial charge in [0.2, 0.25) is 0 Å². The molecule has 3 aromatic rings. The van der Waals surface area contributed by atoms with E-state index in [4.69, 9.17) is 9.40 Å². The molecular formula is C19H20N4O2. The zero-order valence-corrected chi connectivity index (χ0v) is 13.9. The van der Waals surface area contributed by atoms with E-state index in [1.54, 1.807) is 24.7 Å². The fourth-order valence-electron chi connectivity index (χ4n) is 3.40. The van der Waals surface area contributed by atoms with E-state index in [1.165, 1.54) is 0 Å². The van der Waals surface area contributed by atoms with E-state index < -0.39 is 0 Å². The standard InChI is InChI=1S/C19H20N4O2/c24-18-11-17(21-19(22-18)14-5-7-20-8-6-14)15-3-1-9-23(12-15)13-16-4-2-10-25-16/h2,4-8,10-11,15H,1,3,9,12-13H2,(H,21,22,24)/t15-/m1/s1. The summed E-state index contributed by atoms with van der Waals surface area (Å²) in [5, 5.41) is 0. The van der Waals surface area contributed by atoms with E-state index in [1.807, 2.05) is 24.3 Å². The number of aromatic amines is 1. The highest BCUT2D eigenvalue weighted by atomic mass is 16.3. The Bertz CT molecular complexity index is 874. The zero-order valence-electron chi connectivity index (χ0n) is 13.9. The Balaban J connectivity index is 1.56. The van der Waals surface area contributed by atoms with Gasteiger partial charge in [-0.3, -0.25) is 14.7 Å². The summed E-state index contributed by atoms with van der Waals surface area (Å²) >= 11 is 0. The van der Waals surface area contributed by atoms with Gasteiger partial charge in [0, 0.05) is 36.5 Å². The maximum atomic E-state index is 12.1. The van der Waals surface area contributed by atoms with Gasteiger partial charge in [0.1, 0.15) is 11.6 Å². The van der Waals surface area contributed by atoms with Crippen molar-refractivity contribution in [3.05, 3.63) is 70.8 Å². The van der Waals surface area contributed by atoms with Crippen molar-refractivity contribution in [3.8, 4) is 11.4 Å². The SMILES string of the molecule is O=c1cc([C@@H]2CCCN(Cc3ccco3)C2)nc(-c2ccncc2)[nH]1. The number of nitrogens with one attached hydrogen (secondary N) is 1. The highest BCUT2D eigenvalue weighted by Gasteiger charge is 2.24. The average molecular weight is 336 g/mol. The summed E-state index contributed by atoms with van der Waals surface area (Å²) in [6, 6.07) is 9.25. The molecule has 4 rings (SSSR count). The molecule has 0 aromatic carbocycles. The first kappa shape index (κ1) is 15.8. The first-order chi connectivity index (χ1) is 12.3. The Labute approximate surface area is 145 Å². The van der Waals surface area contributed by atoms with Crippen LogP contribution in [0.5, 0.6) is 0 Å². The molecule has 0 unspecified atom stereocenters. The van der Waals surface area contributed by atoms with Gasteiger partial charge in [-0.1, -0.05) is 0 Å². The molecule has 1 aliphatic rings. The summed E-state index contributed by atoms with van der Waals surface area (Å²) in [5.74, 6) is 1.83. The third-order valence-electron chi connectivity index (χ3n) is 4.60. The van der Waals surface area contributed by atoms with Crippen molar-refractivity contribution in [2.75, 3.05) is 13.1 Å². The number of pyridine rings is 1. The maximum Gasteiger partial charge on any atom is 0.251 e. The molecule has 0 bridgehead atoms. The molecule has 1 fully saturated rings. The van der Waals surface area contributed by atoms with Crippen LogP contribution in [0.3, 0.4) is 0 Å². The molecule has 1 atom stereocenters. The van der Waals surface area contributed by atoms with Crippen molar-refractivity contribution in [2.45, 2.75) is 25.3 Å². The molecule has 128 valence electrons. The summed E-state index contributed by atoms with van der Waals surface area (Å²) < 4.78 is 5.46. The second kappa shape index (κ2) is 7.03. The van der Waals surface area contributed by atoms with Crippen LogP contribution < -0.4 is 5.56 Å². The van der Waals surface area contributed by atoms with Crippen LogP contribution in [0.4, 0.5) is 0 Å². The fourth-order valence-corrected chi connectivity index (χ4v) is 3.40. The number of likely N-dealkylation sites (tertiary alicyclic amines) is 1. The second-order valence-corrected chi connectivity index (χ2v) is 6.41. The van der Waals surface area contributed by atoms with E-state index in [2.05, 4.69) is 14.9 Å². The summed E-state index contributed by atoms with van der Waals surface area (Å²) in [6.07, 6.45) is 7.24. The molecule has 0 radical (unpaired) electrons. The molecule has 0 aliphatic carbocycles. The number of nitrogens with zero attached hydrogens (tertiary/aromatic N) is 3. The molecule has 4 heterocycles. The predicted octanol–water partition coefficient (Wildman–Crippen LogP) is 2.80. The zero-order chi connectivity index (χ0) is 17.1. The fraction of sp³-hybridized carbons (Fsp3) is 0.316. The molecule has 6 heteroatoms. The topological polar surface area (TPSA) is 75.0 Å². The van der Waals surface area contributed by atoms with Gasteiger partial charge in [-0.2, -0.15) is 0 Å². The van der Waals surface area contributed by atoms with E-state index in [0.29, 0.717) is 5.82 Å². The summed E-state index contributed by atoms with van der Waals surface area (Å²) in [4.78, 5) is 26.1. The summed E-state index contributed by atoms with van der Waals surface area (Å²) in [7, 11) is 0. The van der Waals surface area contributed by atoms with Crippen molar-refractivity contribution in [1.82, 2.24) is 19.9 Å². The Morgan fingerprint density at radius 1 is 1.28 bits per heavy atom. The lowest BCUT2D eigenvalue weighted by Gasteiger charge is -2.31. The second-order valence-electron chi connectivity index (χ2n) is 6.41. The van der Waals surface area contributed by atoms with Gasteiger partial charge < -0.3 is 9.40 Å². The Morgan fingerprint density at radius 2 is 2.16 bits per heavy atom. The van der Waals surface area contributed by atoms with Crippen LogP contribution in [0, 0.1) is 0 Å². The van der Waals surface area contributed by atoms with Crippen LogP contribution in [0.1, 0.15) is 30.2 Å². The van der Waals surface area contributed by atoms with E-state index in [9.17, 15) is 4.79 Å². The minimum atomic E-state index is -0.111. The first-order valence-electron chi connectivity index (χ1n) is 8.54. The van der Waals surface area contributed by atoms with Gasteiger partial charge in [-0.05, 0) is 43.7 Å². The first-order valence-corrected chi connectivity index (χ1v) is 8.54. The Hall–Kier alpha value is -2.73. The van der Waals surface area contributed by atoms with Crippen LogP contribution >= 0.6 is 0 Å². The van der Waals surface area contributed by atoms with Gasteiger partial charge in [0.05, 0.1) is 18.5 Å². The average Bonchev–Trinajstić information content (AvgIpc) is 3.15. The van der Waals surface area contributed by atoms with Gasteiger partial charge in [0.25, 0.3) is 5.56 Å². The molecule has 0 spiro atoms. The van der Waals surface area contributed by atoms with Crippen LogP contribution in [-0.2, 0) is 6.54 Å². The lowest BCUT2D eigenvalue weighted by atomic mass is 9.94. The third kappa shape index (κ3) is 3.69. The predicted molar refractivity (Wildman–Crippen MR) is 94.0 cm³/mol. The van der Waals surface area contributed by atoms with Crippen LogP contribution in [0.15, 0.2) is 58.2 Å². The molecule has 0 amide bonds. The largest absolute Gasteiger partial charge is 0.468 e. The number of hydrogen-bond donors (Lipinski definition) is 1. The maximum absolute atomic E-state index is 12.1. The molecule has 6 nitrogen and oxygen atoms in total. The number of furan rings is 1. The molecule has 1 N–H and O–H groups in total. The van der Waals surface area contributed by atoms with Crippen molar-refractivity contribution < 1.29 is 4.42 Å². The summed E-state index contributed by atoms with van der Waals surface area (Å²) in [6.45, 7) is 2.72. The molecule has 0 saturated carbocycles. The normalized spacial score (nSPS) is 18.3. The van der Waals surface area contributed by atoms with Crippen molar-refractivity contribution in [1.29, 1.82) is 0 Å². The Kier molecular flexibility index (Phi) is 4.43. The number of H-pyrrole nitrogens is 1. The molecule has 1 saturated heterocycles. The van der Waals surface area contributed by atoms with Crippen LogP contribution in [-0.4, -0.2) is 32.9 Å². The molecule has 3 aromatic heterocycles. The van der Waals surface area contributed by atoms with Gasteiger partial charge in [-0.25, -0.2) is 4.98 Å². The minimum absolute atomic E-state index is 0.111. The Morgan fingerprint density at radius 3 is 2.96 bits per heavy atom. The summed E-state index contributed by atoms with van der Waals surface area (Å²) in [5.41, 5.74) is 1.62. The quantitative estimate of drug-likeness (QED) is 0.793. The van der Waals surface area contributed by atoms with Crippen molar-refractivity contribution >= 4 is 0 Å². The van der Waals surface area contributed by atoms with Gasteiger partial charge in [0.15, 0.2) is 0 Å². The van der Waals surface area contributed by atoms with Gasteiger partial charge >= 0.3 is 0 Å². The van der Waals surface area contributed by atoms with Gasteiger partial charge in [-0.15, -0.1) is 0 Å². The van der Waals surface area contributed by atoms with Crippen molar-refractivity contribution in [3.63, 3.8) is 0 Å². The number of hydrogen-bond acceptors (Lipinski definition) is 5. The van der Waals surface area contributed by atoms with E-state index in [-0.39, 0.29) is 11.5 Å². The van der Waals surface area contributed by atoms with Crippen LogP contribution in [0.2, 0.25) is 0 Å². The monoisotopic (exact) mass is 336 g/mol.